The second kappa shape index (κ2) is 5.88. The summed E-state index contributed by atoms with van der Waals surface area (Å²) in [6, 6.07) is -0.210. The van der Waals surface area contributed by atoms with E-state index in [1.165, 1.54) is 0 Å². The number of rotatable bonds is 5. The van der Waals surface area contributed by atoms with Gasteiger partial charge in [0.05, 0.1) is 6.61 Å². The number of piperidine rings is 1. The normalized spacial score (nSPS) is 23.2. The van der Waals surface area contributed by atoms with Gasteiger partial charge in [-0.05, 0) is 25.8 Å². The van der Waals surface area contributed by atoms with Crippen LogP contribution in [0.25, 0.3) is 0 Å². The van der Waals surface area contributed by atoms with Crippen molar-refractivity contribution < 1.29 is 9.53 Å². The van der Waals surface area contributed by atoms with E-state index >= 15 is 0 Å². The van der Waals surface area contributed by atoms with Gasteiger partial charge in [-0.25, -0.2) is 4.79 Å². The number of hydrogen-bond donors (Lipinski definition) is 1. The molecular weight excluding hydrogens is 244 g/mol. The summed E-state index contributed by atoms with van der Waals surface area (Å²) in [5.41, 5.74) is 5.68. The van der Waals surface area contributed by atoms with Gasteiger partial charge in [0.25, 0.3) is 0 Å². The molecule has 0 aliphatic carbocycles. The lowest BCUT2D eigenvalue weighted by Gasteiger charge is -2.44. The zero-order valence-corrected chi connectivity index (χ0v) is 11.9. The average molecular weight is 268 g/mol. The number of aliphatic imine (C=N–C) groups is 1. The third kappa shape index (κ3) is 2.60. The number of ether oxygens (including phenoxy) is 1. The Hall–Kier alpha value is -1.14. The van der Waals surface area contributed by atoms with Crippen LogP contribution in [0.4, 0.5) is 4.79 Å². The second-order valence-electron chi connectivity index (χ2n) is 5.30. The molecule has 0 bridgehead atoms. The smallest absolute Gasteiger partial charge is 0.346 e. The maximum Gasteiger partial charge on any atom is 0.346 e. The Morgan fingerprint density at radius 1 is 1.37 bits per heavy atom. The molecule has 2 amide bonds. The van der Waals surface area contributed by atoms with Crippen LogP contribution in [-0.4, -0.2) is 67.1 Å². The van der Waals surface area contributed by atoms with Crippen LogP contribution < -0.4 is 5.73 Å². The molecule has 0 atom stereocenters. The Balaban J connectivity index is 2.07. The first kappa shape index (κ1) is 14.3. The number of carbonyl (C=O) groups is 1. The van der Waals surface area contributed by atoms with E-state index in [4.69, 9.17) is 10.5 Å². The Labute approximate surface area is 114 Å². The van der Waals surface area contributed by atoms with Crippen LogP contribution in [0.2, 0.25) is 0 Å². The quantitative estimate of drug-likeness (QED) is 0.795. The first-order valence-corrected chi connectivity index (χ1v) is 7.01. The molecule has 2 rings (SSSR count). The SMILES string of the molecule is CCCN1CCC2(CC1)C(N)=NC(=O)N2CCOC. The van der Waals surface area contributed by atoms with Crippen LogP contribution in [0, 0.1) is 0 Å². The van der Waals surface area contributed by atoms with Crippen molar-refractivity contribution in [3.05, 3.63) is 0 Å². The molecule has 0 aromatic carbocycles. The van der Waals surface area contributed by atoms with Crippen molar-refractivity contribution in [3.63, 3.8) is 0 Å². The van der Waals surface area contributed by atoms with Gasteiger partial charge >= 0.3 is 6.03 Å². The van der Waals surface area contributed by atoms with Crippen LogP contribution in [0.3, 0.4) is 0 Å². The average Bonchev–Trinajstić information content (AvgIpc) is 2.62. The van der Waals surface area contributed by atoms with Gasteiger partial charge in [0, 0.05) is 26.7 Å². The van der Waals surface area contributed by atoms with E-state index in [1.807, 2.05) is 0 Å². The summed E-state index contributed by atoms with van der Waals surface area (Å²) in [5, 5.41) is 0. The van der Waals surface area contributed by atoms with Crippen LogP contribution in [0.15, 0.2) is 4.99 Å². The number of urea groups is 1. The van der Waals surface area contributed by atoms with Crippen molar-refractivity contribution in [1.82, 2.24) is 9.80 Å². The Bertz CT molecular complexity index is 362. The van der Waals surface area contributed by atoms with E-state index in [0.717, 1.165) is 38.9 Å². The summed E-state index contributed by atoms with van der Waals surface area (Å²) in [7, 11) is 1.64. The van der Waals surface area contributed by atoms with E-state index in [0.29, 0.717) is 19.0 Å². The fourth-order valence-electron chi connectivity index (χ4n) is 3.07. The maximum absolute atomic E-state index is 12.0. The van der Waals surface area contributed by atoms with E-state index in [1.54, 1.807) is 12.0 Å². The fraction of sp³-hybridized carbons (Fsp3) is 0.846. The van der Waals surface area contributed by atoms with Gasteiger partial charge in [-0.1, -0.05) is 6.92 Å². The molecule has 0 saturated carbocycles. The van der Waals surface area contributed by atoms with Gasteiger partial charge in [-0.2, -0.15) is 4.99 Å². The van der Waals surface area contributed by atoms with Gasteiger partial charge in [0.1, 0.15) is 11.4 Å². The number of carbonyl (C=O) groups excluding carboxylic acids is 1. The number of likely N-dealkylation sites (tertiary alicyclic amines) is 1. The van der Waals surface area contributed by atoms with Crippen molar-refractivity contribution in [2.24, 2.45) is 10.7 Å². The largest absolute Gasteiger partial charge is 0.385 e. The standard InChI is InChI=1S/C13H24N4O2/c1-3-6-16-7-4-13(5-8-16)11(14)15-12(18)17(13)9-10-19-2/h3-10H2,1-2H3,(H2,14,15,18). The Morgan fingerprint density at radius 3 is 2.63 bits per heavy atom. The fourth-order valence-corrected chi connectivity index (χ4v) is 3.07. The lowest BCUT2D eigenvalue weighted by Crippen LogP contribution is -2.60. The minimum Gasteiger partial charge on any atom is -0.385 e. The molecule has 6 nitrogen and oxygen atoms in total. The molecule has 2 aliphatic rings. The molecule has 0 radical (unpaired) electrons. The van der Waals surface area contributed by atoms with Crippen LogP contribution >= 0.6 is 0 Å². The molecule has 0 aromatic rings. The first-order chi connectivity index (χ1) is 9.14. The maximum atomic E-state index is 12.0. The second-order valence-corrected chi connectivity index (χ2v) is 5.30. The minimum atomic E-state index is -0.361. The Kier molecular flexibility index (Phi) is 4.42. The predicted octanol–water partition coefficient (Wildman–Crippen LogP) is 0.670. The van der Waals surface area contributed by atoms with Crippen molar-refractivity contribution in [1.29, 1.82) is 0 Å². The summed E-state index contributed by atoms with van der Waals surface area (Å²) < 4.78 is 5.08. The molecular formula is C13H24N4O2. The highest BCUT2D eigenvalue weighted by Gasteiger charge is 2.49. The molecule has 19 heavy (non-hydrogen) atoms. The van der Waals surface area contributed by atoms with E-state index in [-0.39, 0.29) is 11.6 Å². The third-order valence-corrected chi connectivity index (χ3v) is 4.18. The van der Waals surface area contributed by atoms with E-state index in [2.05, 4.69) is 16.8 Å². The zero-order chi connectivity index (χ0) is 13.9. The highest BCUT2D eigenvalue weighted by Crippen LogP contribution is 2.33. The topological polar surface area (TPSA) is 71.2 Å². The molecule has 1 fully saturated rings. The summed E-state index contributed by atoms with van der Waals surface area (Å²) in [6.45, 7) is 6.33. The summed E-state index contributed by atoms with van der Waals surface area (Å²) in [6.07, 6.45) is 2.90. The monoisotopic (exact) mass is 268 g/mol. The van der Waals surface area contributed by atoms with Gasteiger partial charge in [0.2, 0.25) is 0 Å². The zero-order valence-electron chi connectivity index (χ0n) is 11.9. The van der Waals surface area contributed by atoms with Gasteiger partial charge in [-0.15, -0.1) is 0 Å². The molecule has 2 N–H and O–H groups in total. The summed E-state index contributed by atoms with van der Waals surface area (Å²) in [4.78, 5) is 20.2. The lowest BCUT2D eigenvalue weighted by atomic mass is 9.85. The predicted molar refractivity (Wildman–Crippen MR) is 74.3 cm³/mol. The van der Waals surface area contributed by atoms with Crippen molar-refractivity contribution in [2.45, 2.75) is 31.7 Å². The van der Waals surface area contributed by atoms with Crippen LogP contribution in [0.5, 0.6) is 0 Å². The van der Waals surface area contributed by atoms with E-state index < -0.39 is 0 Å². The molecule has 1 saturated heterocycles. The summed E-state index contributed by atoms with van der Waals surface area (Å²) in [5.74, 6) is 0.491. The molecule has 2 heterocycles. The van der Waals surface area contributed by atoms with Gasteiger partial charge in [-0.3, -0.25) is 0 Å². The molecule has 2 aliphatic heterocycles. The lowest BCUT2D eigenvalue weighted by molar-refractivity contribution is 0.0789. The third-order valence-electron chi connectivity index (χ3n) is 4.18. The molecule has 0 unspecified atom stereocenters. The highest BCUT2D eigenvalue weighted by atomic mass is 16.5. The van der Waals surface area contributed by atoms with Crippen molar-refractivity contribution in [2.75, 3.05) is 39.9 Å². The number of hydrogen-bond acceptors (Lipinski definition) is 4. The Morgan fingerprint density at radius 2 is 2.05 bits per heavy atom. The first-order valence-electron chi connectivity index (χ1n) is 7.01. The van der Waals surface area contributed by atoms with E-state index in [9.17, 15) is 4.79 Å². The molecule has 6 heteroatoms. The minimum absolute atomic E-state index is 0.210. The van der Waals surface area contributed by atoms with Crippen molar-refractivity contribution in [3.8, 4) is 0 Å². The molecule has 0 aromatic heterocycles. The number of methoxy groups -OCH3 is 1. The highest BCUT2D eigenvalue weighted by molar-refractivity contribution is 6.05. The number of nitrogens with zero attached hydrogens (tertiary/aromatic N) is 3. The van der Waals surface area contributed by atoms with Gasteiger partial charge < -0.3 is 20.3 Å². The van der Waals surface area contributed by atoms with Crippen LogP contribution in [0.1, 0.15) is 26.2 Å². The van der Waals surface area contributed by atoms with Gasteiger partial charge in [0.15, 0.2) is 0 Å². The number of amidine groups is 1. The van der Waals surface area contributed by atoms with Crippen molar-refractivity contribution >= 4 is 11.9 Å². The molecule has 108 valence electrons. The summed E-state index contributed by atoms with van der Waals surface area (Å²) >= 11 is 0. The molecule has 1 spiro atoms. The van der Waals surface area contributed by atoms with Crippen LogP contribution in [-0.2, 0) is 4.74 Å². The number of amides is 2. The number of nitrogens with two attached hydrogens (primary N) is 1.